The van der Waals surface area contributed by atoms with Crippen molar-refractivity contribution in [3.8, 4) is 16.9 Å². The zero-order valence-corrected chi connectivity index (χ0v) is 17.2. The molecular formula is C24H28NO4+. The van der Waals surface area contributed by atoms with Crippen LogP contribution in [-0.2, 0) is 4.74 Å². The summed E-state index contributed by atoms with van der Waals surface area (Å²) < 4.78 is 17.7. The number of nitrogens with one attached hydrogen (secondary N) is 1. The molecule has 1 N–H and O–H groups in total. The van der Waals surface area contributed by atoms with Gasteiger partial charge in [0, 0.05) is 6.07 Å². The second-order valence-corrected chi connectivity index (χ2v) is 7.90. The second-order valence-electron chi connectivity index (χ2n) is 7.90. The van der Waals surface area contributed by atoms with Crippen LogP contribution in [0.4, 0.5) is 0 Å². The summed E-state index contributed by atoms with van der Waals surface area (Å²) in [5, 5.41) is 0.572. The molecule has 0 saturated carbocycles. The summed E-state index contributed by atoms with van der Waals surface area (Å²) in [4.78, 5) is 14.5. The van der Waals surface area contributed by atoms with Gasteiger partial charge in [0.1, 0.15) is 55.5 Å². The molecule has 1 fully saturated rings. The van der Waals surface area contributed by atoms with Crippen molar-refractivity contribution >= 4 is 11.0 Å². The van der Waals surface area contributed by atoms with E-state index in [0.717, 1.165) is 30.9 Å². The number of hydrogen-bond acceptors (Lipinski definition) is 4. The van der Waals surface area contributed by atoms with Crippen LogP contribution in [-0.4, -0.2) is 38.4 Å². The molecule has 1 aliphatic heterocycles. The minimum Gasteiger partial charge on any atom is -0.488 e. The highest BCUT2D eigenvalue weighted by atomic mass is 16.5. The first-order valence-electron chi connectivity index (χ1n) is 10.3. The summed E-state index contributed by atoms with van der Waals surface area (Å²) in [5.74, 6) is 1.34. The molecule has 29 heavy (non-hydrogen) atoms. The predicted octanol–water partition coefficient (Wildman–Crippen LogP) is 2.84. The maximum absolute atomic E-state index is 13.0. The average Bonchev–Trinajstić information content (AvgIpc) is 2.68. The molecule has 4 rings (SSSR count). The van der Waals surface area contributed by atoms with Crippen molar-refractivity contribution in [2.45, 2.75) is 33.0 Å². The lowest BCUT2D eigenvalue weighted by atomic mass is 10.0. The van der Waals surface area contributed by atoms with Crippen LogP contribution < -0.4 is 15.1 Å². The maximum Gasteiger partial charge on any atom is 0.200 e. The third-order valence-corrected chi connectivity index (χ3v) is 5.44. The molecule has 2 atom stereocenters. The molecule has 5 nitrogen and oxygen atoms in total. The molecule has 1 aromatic heterocycles. The number of morpholine rings is 1. The first kappa shape index (κ1) is 19.7. The Kier molecular flexibility index (Phi) is 5.69. The van der Waals surface area contributed by atoms with E-state index in [9.17, 15) is 4.79 Å². The van der Waals surface area contributed by atoms with Crippen LogP contribution in [0.2, 0.25) is 0 Å². The topological polar surface area (TPSA) is 53.1 Å². The third-order valence-electron chi connectivity index (χ3n) is 5.44. The predicted molar refractivity (Wildman–Crippen MR) is 114 cm³/mol. The van der Waals surface area contributed by atoms with E-state index < -0.39 is 0 Å². The standard InChI is InChI=1S/C24H27NO4/c1-16-14-25(15-17(2)28-16)11-12-27-20-9-10-21-22(13-20)29-18(3)23(24(21)26)19-7-5-4-6-8-19/h4-10,13,16-17H,11-12,14-15H2,1-3H3/p+1/t16-,17-/m1/s1. The van der Waals surface area contributed by atoms with Gasteiger partial charge in [-0.15, -0.1) is 0 Å². The second kappa shape index (κ2) is 8.39. The zero-order chi connectivity index (χ0) is 20.4. The Morgan fingerprint density at radius 3 is 2.52 bits per heavy atom. The molecule has 5 heteroatoms. The van der Waals surface area contributed by atoms with E-state index in [1.807, 2.05) is 49.4 Å². The highest BCUT2D eigenvalue weighted by Gasteiger charge is 2.25. The molecular weight excluding hydrogens is 366 g/mol. The number of benzene rings is 2. The van der Waals surface area contributed by atoms with E-state index in [0.29, 0.717) is 28.9 Å². The van der Waals surface area contributed by atoms with E-state index >= 15 is 0 Å². The summed E-state index contributed by atoms with van der Waals surface area (Å²) in [6, 6.07) is 15.1. The van der Waals surface area contributed by atoms with Crippen molar-refractivity contribution < 1.29 is 18.8 Å². The number of ether oxygens (including phenoxy) is 2. The molecule has 3 aromatic rings. The van der Waals surface area contributed by atoms with Crippen LogP contribution in [0.5, 0.6) is 5.75 Å². The summed E-state index contributed by atoms with van der Waals surface area (Å²) in [6.45, 7) is 9.61. The fraction of sp³-hybridized carbons (Fsp3) is 0.375. The lowest BCUT2D eigenvalue weighted by Gasteiger charge is -2.32. The van der Waals surface area contributed by atoms with Gasteiger partial charge in [0.25, 0.3) is 0 Å². The number of aryl methyl sites for hydroxylation is 1. The monoisotopic (exact) mass is 394 g/mol. The van der Waals surface area contributed by atoms with Gasteiger partial charge in [-0.2, -0.15) is 0 Å². The minimum atomic E-state index is -0.0118. The molecule has 0 spiro atoms. The van der Waals surface area contributed by atoms with E-state index in [1.54, 1.807) is 6.07 Å². The average molecular weight is 394 g/mol. The van der Waals surface area contributed by atoms with Crippen molar-refractivity contribution in [3.05, 3.63) is 64.5 Å². The van der Waals surface area contributed by atoms with Gasteiger partial charge in [0.15, 0.2) is 0 Å². The van der Waals surface area contributed by atoms with Crippen LogP contribution in [0.1, 0.15) is 19.6 Å². The van der Waals surface area contributed by atoms with Crippen LogP contribution in [0.15, 0.2) is 57.7 Å². The lowest BCUT2D eigenvalue weighted by molar-refractivity contribution is -0.915. The summed E-state index contributed by atoms with van der Waals surface area (Å²) in [6.07, 6.45) is 0.566. The fourth-order valence-electron chi connectivity index (χ4n) is 4.22. The highest BCUT2D eigenvalue weighted by Crippen LogP contribution is 2.26. The van der Waals surface area contributed by atoms with Crippen molar-refractivity contribution in [2.24, 2.45) is 0 Å². The Morgan fingerprint density at radius 2 is 1.79 bits per heavy atom. The van der Waals surface area contributed by atoms with E-state index in [4.69, 9.17) is 13.9 Å². The zero-order valence-electron chi connectivity index (χ0n) is 17.2. The number of fused-ring (bicyclic) bond motifs is 1. The Bertz CT molecular complexity index is 1030. The van der Waals surface area contributed by atoms with Crippen LogP contribution in [0.3, 0.4) is 0 Å². The van der Waals surface area contributed by atoms with E-state index in [1.165, 1.54) is 4.90 Å². The highest BCUT2D eigenvalue weighted by molar-refractivity contribution is 5.83. The Hall–Kier alpha value is -2.63. The SMILES string of the molecule is Cc1oc2cc(OCC[NH+]3C[C@@H](C)O[C@H](C)C3)ccc2c(=O)c1-c1ccccc1. The molecule has 2 aromatic carbocycles. The van der Waals surface area contributed by atoms with Crippen molar-refractivity contribution in [1.29, 1.82) is 0 Å². The molecule has 2 heterocycles. The summed E-state index contributed by atoms with van der Waals surface area (Å²) in [5.41, 5.74) is 2.04. The molecule has 0 aliphatic carbocycles. The smallest absolute Gasteiger partial charge is 0.200 e. The number of hydrogen-bond donors (Lipinski definition) is 1. The molecule has 0 unspecified atom stereocenters. The van der Waals surface area contributed by atoms with E-state index in [-0.39, 0.29) is 17.6 Å². The van der Waals surface area contributed by atoms with Gasteiger partial charge in [-0.25, -0.2) is 0 Å². The van der Waals surface area contributed by atoms with Crippen molar-refractivity contribution in [2.75, 3.05) is 26.2 Å². The van der Waals surface area contributed by atoms with Gasteiger partial charge < -0.3 is 18.8 Å². The van der Waals surface area contributed by atoms with Crippen LogP contribution in [0, 0.1) is 6.92 Å². The first-order valence-corrected chi connectivity index (χ1v) is 10.3. The Labute approximate surface area is 170 Å². The molecule has 152 valence electrons. The Balaban J connectivity index is 1.50. The number of quaternary nitrogens is 1. The van der Waals surface area contributed by atoms with Gasteiger partial charge in [-0.1, -0.05) is 30.3 Å². The van der Waals surface area contributed by atoms with Gasteiger partial charge in [-0.3, -0.25) is 4.79 Å². The van der Waals surface area contributed by atoms with Gasteiger partial charge in [0.2, 0.25) is 5.43 Å². The van der Waals surface area contributed by atoms with Crippen molar-refractivity contribution in [1.82, 2.24) is 0 Å². The molecule has 1 aliphatic rings. The van der Waals surface area contributed by atoms with Gasteiger partial charge >= 0.3 is 0 Å². The van der Waals surface area contributed by atoms with Crippen molar-refractivity contribution in [3.63, 3.8) is 0 Å². The number of rotatable bonds is 5. The fourth-order valence-corrected chi connectivity index (χ4v) is 4.22. The molecule has 0 radical (unpaired) electrons. The van der Waals surface area contributed by atoms with Crippen LogP contribution >= 0.6 is 0 Å². The lowest BCUT2D eigenvalue weighted by Crippen LogP contribution is -3.16. The molecule has 0 bridgehead atoms. The van der Waals surface area contributed by atoms with E-state index in [2.05, 4.69) is 13.8 Å². The van der Waals surface area contributed by atoms with Crippen LogP contribution in [0.25, 0.3) is 22.1 Å². The molecule has 1 saturated heterocycles. The van der Waals surface area contributed by atoms with Gasteiger partial charge in [0.05, 0.1) is 10.9 Å². The Morgan fingerprint density at radius 1 is 1.07 bits per heavy atom. The first-order chi connectivity index (χ1) is 14.0. The normalized spacial score (nSPS) is 22.0. The largest absolute Gasteiger partial charge is 0.488 e. The maximum atomic E-state index is 13.0. The summed E-state index contributed by atoms with van der Waals surface area (Å²) in [7, 11) is 0. The minimum absolute atomic E-state index is 0.0118. The quantitative estimate of drug-likeness (QED) is 0.723. The van der Waals surface area contributed by atoms with Gasteiger partial charge in [-0.05, 0) is 38.5 Å². The third kappa shape index (κ3) is 4.36. The summed E-state index contributed by atoms with van der Waals surface area (Å²) >= 11 is 0. The molecule has 0 amide bonds.